The van der Waals surface area contributed by atoms with E-state index in [1.54, 1.807) is 0 Å². The summed E-state index contributed by atoms with van der Waals surface area (Å²) in [5.41, 5.74) is 8.24. The second kappa shape index (κ2) is 11.3. The molecule has 2 saturated heterocycles. The van der Waals surface area contributed by atoms with Crippen molar-refractivity contribution in [3.05, 3.63) is 63.2 Å². The molecule has 35 heavy (non-hydrogen) atoms. The van der Waals surface area contributed by atoms with Gasteiger partial charge in [0.1, 0.15) is 0 Å². The molecule has 0 amide bonds. The first-order chi connectivity index (χ1) is 16.9. The molecule has 0 N–H and O–H groups in total. The van der Waals surface area contributed by atoms with Crippen LogP contribution in [0.4, 0.5) is 5.69 Å². The van der Waals surface area contributed by atoms with Gasteiger partial charge in [-0.3, -0.25) is 9.69 Å². The number of hydrogen-bond acceptors (Lipinski definition) is 4. The summed E-state index contributed by atoms with van der Waals surface area (Å²) in [6, 6.07) is 11.4. The number of anilines is 1. The number of methoxy groups -OCH3 is 1. The minimum Gasteiger partial charge on any atom is -0.469 e. The molecule has 2 aromatic rings. The second-order valence-electron chi connectivity index (χ2n) is 10.3. The first-order valence-electron chi connectivity index (χ1n) is 13.4. The maximum atomic E-state index is 11.8. The van der Waals surface area contributed by atoms with Gasteiger partial charge in [-0.1, -0.05) is 43.6 Å². The zero-order valence-corrected chi connectivity index (χ0v) is 22.8. The first-order valence-corrected chi connectivity index (χ1v) is 13.7. The molecule has 1 saturated carbocycles. The van der Waals surface area contributed by atoms with E-state index in [0.29, 0.717) is 11.8 Å². The Morgan fingerprint density at radius 2 is 1.60 bits per heavy atom. The van der Waals surface area contributed by atoms with Crippen LogP contribution in [0.1, 0.15) is 79.2 Å². The highest BCUT2D eigenvalue weighted by molar-refractivity contribution is 6.31. The molecule has 1 aliphatic carbocycles. The van der Waals surface area contributed by atoms with Crippen LogP contribution < -0.4 is 4.90 Å². The van der Waals surface area contributed by atoms with E-state index in [-0.39, 0.29) is 11.9 Å². The summed E-state index contributed by atoms with van der Waals surface area (Å²) >= 11 is 6.56. The maximum Gasteiger partial charge on any atom is 0.308 e. The molecule has 2 aliphatic heterocycles. The van der Waals surface area contributed by atoms with Gasteiger partial charge in [-0.25, -0.2) is 0 Å². The van der Waals surface area contributed by atoms with Gasteiger partial charge in [-0.2, -0.15) is 0 Å². The highest BCUT2D eigenvalue weighted by atomic mass is 35.5. The molecule has 0 spiro atoms. The van der Waals surface area contributed by atoms with E-state index in [4.69, 9.17) is 16.3 Å². The number of halogens is 1. The Labute approximate surface area is 216 Å². The molecule has 5 rings (SSSR count). The highest BCUT2D eigenvalue weighted by Gasteiger charge is 2.31. The third-order valence-electron chi connectivity index (χ3n) is 7.94. The van der Waals surface area contributed by atoms with E-state index in [9.17, 15) is 4.79 Å². The lowest BCUT2D eigenvalue weighted by Gasteiger charge is -2.42. The molecule has 5 heteroatoms. The molecule has 3 aliphatic rings. The molecule has 0 atom stereocenters. The number of ether oxygens (including phenoxy) is 1. The minimum atomic E-state index is -0.0537. The lowest BCUT2D eigenvalue weighted by molar-refractivity contribution is -0.147. The summed E-state index contributed by atoms with van der Waals surface area (Å²) in [4.78, 5) is 16.7. The molecule has 3 fully saturated rings. The van der Waals surface area contributed by atoms with Crippen molar-refractivity contribution in [3.8, 4) is 0 Å². The smallest absolute Gasteiger partial charge is 0.308 e. The number of rotatable bonds is 6. The number of hydrogen-bond donors (Lipinski definition) is 0. The first kappa shape index (κ1) is 26.0. The third kappa shape index (κ3) is 5.86. The predicted molar refractivity (Wildman–Crippen MR) is 146 cm³/mol. The van der Waals surface area contributed by atoms with Crippen molar-refractivity contribution in [3.63, 3.8) is 0 Å². The van der Waals surface area contributed by atoms with E-state index in [2.05, 4.69) is 54.0 Å². The third-order valence-corrected chi connectivity index (χ3v) is 8.27. The Morgan fingerprint density at radius 1 is 0.971 bits per heavy atom. The van der Waals surface area contributed by atoms with Gasteiger partial charge < -0.3 is 9.64 Å². The molecule has 0 bridgehead atoms. The second-order valence-corrected chi connectivity index (χ2v) is 10.7. The van der Waals surface area contributed by atoms with Crippen molar-refractivity contribution < 1.29 is 9.53 Å². The van der Waals surface area contributed by atoms with Gasteiger partial charge in [0, 0.05) is 36.3 Å². The van der Waals surface area contributed by atoms with E-state index >= 15 is 0 Å². The van der Waals surface area contributed by atoms with Crippen molar-refractivity contribution in [2.45, 2.75) is 71.8 Å². The number of nitrogens with zero attached hydrogens (tertiary/aromatic N) is 2. The molecule has 0 aromatic heterocycles. The van der Waals surface area contributed by atoms with Crippen LogP contribution in [0.2, 0.25) is 5.02 Å². The van der Waals surface area contributed by atoms with Crippen LogP contribution in [0.5, 0.6) is 0 Å². The largest absolute Gasteiger partial charge is 0.469 e. The summed E-state index contributed by atoms with van der Waals surface area (Å²) in [5, 5.41) is 0.935. The van der Waals surface area contributed by atoms with Gasteiger partial charge >= 0.3 is 5.97 Å². The SMILES string of the molecule is CC.COC(=O)C1CCN(Cc2c(C)cc(C3CN(c4ccc(C5CC5)c(Cl)c4)C3)cc2C)CC1. The Hall–Kier alpha value is -2.04. The fourth-order valence-electron chi connectivity index (χ4n) is 5.57. The normalized spacial score (nSPS) is 19.1. The summed E-state index contributed by atoms with van der Waals surface area (Å²) in [7, 11) is 1.49. The number of esters is 1. The predicted octanol–water partition coefficient (Wildman–Crippen LogP) is 6.85. The summed E-state index contributed by atoms with van der Waals surface area (Å²) < 4.78 is 4.92. The topological polar surface area (TPSA) is 32.8 Å². The maximum absolute atomic E-state index is 11.8. The lowest BCUT2D eigenvalue weighted by atomic mass is 9.86. The van der Waals surface area contributed by atoms with Gasteiger partial charge in [0.25, 0.3) is 0 Å². The quantitative estimate of drug-likeness (QED) is 0.409. The lowest BCUT2D eigenvalue weighted by Crippen LogP contribution is -2.45. The highest BCUT2D eigenvalue weighted by Crippen LogP contribution is 2.44. The average Bonchev–Trinajstić information content (AvgIpc) is 3.67. The van der Waals surface area contributed by atoms with Crippen LogP contribution >= 0.6 is 11.6 Å². The van der Waals surface area contributed by atoms with Crippen molar-refractivity contribution in [2.24, 2.45) is 5.92 Å². The zero-order valence-electron chi connectivity index (χ0n) is 22.1. The van der Waals surface area contributed by atoms with Crippen LogP contribution in [-0.2, 0) is 16.1 Å². The molecule has 2 heterocycles. The van der Waals surface area contributed by atoms with Gasteiger partial charge in [-0.05, 0) is 98.5 Å². The summed E-state index contributed by atoms with van der Waals surface area (Å²) in [6.45, 7) is 13.5. The Bertz CT molecular complexity index is 1010. The molecule has 0 unspecified atom stereocenters. The number of benzene rings is 2. The van der Waals surface area contributed by atoms with Crippen LogP contribution in [0.15, 0.2) is 30.3 Å². The standard InChI is InChI=1S/C28H35ClN2O2.C2H6/c1-18-12-22(13-19(2)26(18)17-30-10-8-21(9-11-30)28(32)33-3)23-15-31(16-23)24-6-7-25(20-4-5-20)27(29)14-24;1-2/h6-7,12-14,20-21,23H,4-5,8-11,15-17H2,1-3H3;1-2H3. The molecule has 2 aromatic carbocycles. The van der Waals surface area contributed by atoms with Crippen molar-refractivity contribution in [1.82, 2.24) is 4.90 Å². The molecular formula is C30H41ClN2O2. The molecule has 190 valence electrons. The number of aryl methyl sites for hydroxylation is 2. The fraction of sp³-hybridized carbons (Fsp3) is 0.567. The number of carbonyl (C=O) groups excluding carboxylic acids is 1. The van der Waals surface area contributed by atoms with Crippen LogP contribution in [0, 0.1) is 19.8 Å². The molecule has 4 nitrogen and oxygen atoms in total. The van der Waals surface area contributed by atoms with Crippen LogP contribution in [-0.4, -0.2) is 44.2 Å². The summed E-state index contributed by atoms with van der Waals surface area (Å²) in [6.07, 6.45) is 4.36. The van der Waals surface area contributed by atoms with Gasteiger partial charge in [0.15, 0.2) is 0 Å². The van der Waals surface area contributed by atoms with E-state index < -0.39 is 0 Å². The number of likely N-dealkylation sites (tertiary alicyclic amines) is 1. The van der Waals surface area contributed by atoms with E-state index in [1.807, 2.05) is 13.8 Å². The number of carbonyl (C=O) groups is 1. The monoisotopic (exact) mass is 496 g/mol. The fourth-order valence-corrected chi connectivity index (χ4v) is 5.90. The van der Waals surface area contributed by atoms with Crippen molar-refractivity contribution in [1.29, 1.82) is 0 Å². The average molecular weight is 497 g/mol. The van der Waals surface area contributed by atoms with Gasteiger partial charge in [0.2, 0.25) is 0 Å². The van der Waals surface area contributed by atoms with Gasteiger partial charge in [0.05, 0.1) is 13.0 Å². The Kier molecular flexibility index (Phi) is 8.44. The van der Waals surface area contributed by atoms with Crippen molar-refractivity contribution >= 4 is 23.3 Å². The van der Waals surface area contributed by atoms with Crippen LogP contribution in [0.25, 0.3) is 0 Å². The minimum absolute atomic E-state index is 0.0537. The molecular weight excluding hydrogens is 456 g/mol. The van der Waals surface area contributed by atoms with Gasteiger partial charge in [-0.15, -0.1) is 0 Å². The zero-order chi connectivity index (χ0) is 25.1. The Balaban J connectivity index is 0.00000141. The Morgan fingerprint density at radius 3 is 2.14 bits per heavy atom. The van der Waals surface area contributed by atoms with E-state index in [1.165, 1.54) is 53.5 Å². The van der Waals surface area contributed by atoms with Crippen molar-refractivity contribution in [2.75, 3.05) is 38.2 Å². The molecule has 0 radical (unpaired) electrons. The number of piperidine rings is 1. The summed E-state index contributed by atoms with van der Waals surface area (Å²) in [5.74, 6) is 1.28. The van der Waals surface area contributed by atoms with Crippen LogP contribution in [0.3, 0.4) is 0 Å². The van der Waals surface area contributed by atoms with E-state index in [0.717, 1.165) is 50.6 Å².